The summed E-state index contributed by atoms with van der Waals surface area (Å²) >= 11 is 25.3. The number of sulfonamides is 3. The number of carboxylic acid groups (broad SMARTS) is 1. The number of ketones is 1. The van der Waals surface area contributed by atoms with Crippen molar-refractivity contribution in [2.45, 2.75) is 79.1 Å². The van der Waals surface area contributed by atoms with Crippen LogP contribution < -0.4 is 71.3 Å². The molecule has 0 saturated carbocycles. The molecule has 6 heterocycles. The van der Waals surface area contributed by atoms with Crippen molar-refractivity contribution in [1.82, 2.24) is 44.1 Å². The number of hydrogen-bond acceptors (Lipinski definition) is 29. The van der Waals surface area contributed by atoms with E-state index in [1.54, 1.807) is 54.9 Å². The van der Waals surface area contributed by atoms with Gasteiger partial charge in [-0.05, 0) is 183 Å². The Hall–Kier alpha value is -9.34. The van der Waals surface area contributed by atoms with Gasteiger partial charge in [0.25, 0.3) is 9.05 Å². The molecule has 8 N–H and O–H groups in total. The van der Waals surface area contributed by atoms with Gasteiger partial charge in [-0.25, -0.2) is 114 Å². The maximum atomic E-state index is 13.2. The second kappa shape index (κ2) is 62.2. The predicted octanol–water partition coefficient (Wildman–Crippen LogP) is 11.3. The van der Waals surface area contributed by atoms with Gasteiger partial charge in [0, 0.05) is 84.9 Å². The second-order valence-electron chi connectivity index (χ2n) is 24.1. The van der Waals surface area contributed by atoms with E-state index in [0.717, 1.165) is 100 Å². The molecule has 0 aliphatic rings. The summed E-state index contributed by atoms with van der Waals surface area (Å²) in [6.07, 6.45) is 10.2. The Morgan fingerprint density at radius 1 is 0.458 bits per heavy atom. The molecule has 0 saturated heterocycles. The Kier molecular flexibility index (Phi) is 58.7. The molecule has 0 spiro atoms. The fraction of sp³-hybridized carbons (Fsp3) is 0.160. The third-order valence-electron chi connectivity index (χ3n) is 15.5. The molecule has 6 aromatic heterocycles. The number of pyridine rings is 6. The monoisotopic (exact) mass is 2150 g/mol. The Labute approximate surface area is 842 Å². The summed E-state index contributed by atoms with van der Waals surface area (Å²) < 4.78 is 172. The number of halogens is 11. The number of rotatable bonds is 25. The number of carbonyl (C=O) groups excluding carboxylic acids is 5. The average molecular weight is 2150 g/mol. The molecule has 0 bridgehead atoms. The van der Waals surface area contributed by atoms with Crippen molar-refractivity contribution >= 4 is 160 Å². The van der Waals surface area contributed by atoms with Gasteiger partial charge in [-0.3, -0.25) is 9.78 Å². The molecule has 698 valence electrons. The van der Waals surface area contributed by atoms with E-state index in [2.05, 4.69) is 78.9 Å². The largest absolute Gasteiger partial charge is 1.00 e. The van der Waals surface area contributed by atoms with Crippen LogP contribution in [0.1, 0.15) is 122 Å². The quantitative estimate of drug-likeness (QED) is 0.00588. The number of hydrogen-bond donors (Lipinski definition) is 6. The molecule has 33 nitrogen and oxygen atoms in total. The number of aliphatic hydroxyl groups is 1. The third kappa shape index (κ3) is 43.0. The van der Waals surface area contributed by atoms with Gasteiger partial charge in [-0.1, -0.05) is 102 Å². The number of benzene rings is 5. The minimum Gasteiger partial charge on any atom is -0.870 e. The Morgan fingerprint density at radius 3 is 1.02 bits per heavy atom. The third-order valence-corrected chi connectivity index (χ3v) is 22.7. The average Bonchev–Trinajstić information content (AvgIpc) is 0.786. The summed E-state index contributed by atoms with van der Waals surface area (Å²) in [7, 11) is -5.28. The Morgan fingerprint density at radius 2 is 0.748 bits per heavy atom. The van der Waals surface area contributed by atoms with Crippen LogP contribution in [-0.4, -0.2) is 143 Å². The van der Waals surface area contributed by atoms with Crippen LogP contribution in [0, 0.1) is 46.4 Å². The molecule has 0 aliphatic heterocycles. The number of aliphatic hydroxyl groups excluding tert-OH is 1. The van der Waals surface area contributed by atoms with Crippen molar-refractivity contribution in [2.24, 2.45) is 5.73 Å². The van der Waals surface area contributed by atoms with Gasteiger partial charge in [-0.2, -0.15) is 5.26 Å². The number of nitriles is 1. The van der Waals surface area contributed by atoms with Crippen molar-refractivity contribution in [3.63, 3.8) is 0 Å². The smallest absolute Gasteiger partial charge is 0.870 e. The molecular formula is C81H75BrCl6CuF4KN12O21S4. The minimum absolute atomic E-state index is 0. The molecule has 0 fully saturated rings. The first kappa shape index (κ1) is 124. The zero-order valence-electron chi connectivity index (χ0n) is 67.8. The summed E-state index contributed by atoms with van der Waals surface area (Å²) in [5, 5.41) is 31.3. The van der Waals surface area contributed by atoms with E-state index in [1.165, 1.54) is 83.6 Å². The summed E-state index contributed by atoms with van der Waals surface area (Å²) in [6.45, 7) is 5.00. The molecule has 0 unspecified atom stereocenters. The molecule has 0 amide bonds. The van der Waals surface area contributed by atoms with Crippen LogP contribution in [0.3, 0.4) is 0 Å². The topological polar surface area (TPSA) is 533 Å². The number of nitrogens with zero attached hydrogens (tertiary/aromatic N) is 8. The van der Waals surface area contributed by atoms with Crippen molar-refractivity contribution in [3.05, 3.63) is 335 Å². The van der Waals surface area contributed by atoms with Gasteiger partial charge in [0.1, 0.15) is 63.5 Å². The van der Waals surface area contributed by atoms with Gasteiger partial charge >= 0.3 is 98.3 Å². The van der Waals surface area contributed by atoms with Crippen molar-refractivity contribution < 1.29 is 183 Å². The van der Waals surface area contributed by atoms with Gasteiger partial charge in [-0.15, -0.1) is 12.4 Å². The minimum atomic E-state index is -3.88. The number of aromatic nitrogens is 6. The van der Waals surface area contributed by atoms with Crippen molar-refractivity contribution in [1.29, 1.82) is 10.5 Å². The maximum Gasteiger partial charge on any atom is 1.00 e. The first-order valence-corrected chi connectivity index (χ1v) is 43.9. The van der Waals surface area contributed by atoms with Crippen LogP contribution in [0.15, 0.2) is 231 Å². The van der Waals surface area contributed by atoms with Gasteiger partial charge < -0.3 is 52.2 Å². The molecule has 0 radical (unpaired) electrons. The van der Waals surface area contributed by atoms with Gasteiger partial charge in [0.05, 0.1) is 80.3 Å². The van der Waals surface area contributed by atoms with Crippen LogP contribution in [0.2, 0.25) is 20.1 Å². The van der Waals surface area contributed by atoms with E-state index < -0.39 is 92.2 Å². The molecule has 0 aliphatic carbocycles. The number of Topliss-reactive ketones (excluding diaryl/α,β-unsaturated/α-hetero) is 1. The summed E-state index contributed by atoms with van der Waals surface area (Å²) in [5.41, 5.74) is 11.3. The predicted molar refractivity (Wildman–Crippen MR) is 469 cm³/mol. The molecule has 0 atom stereocenters. The number of esters is 4. The molecular weight excluding hydrogens is 2080 g/mol. The number of aromatic carboxylic acids is 1. The normalized spacial score (nSPS) is 10.2. The number of carboxylic acids is 1. The molecule has 131 heavy (non-hydrogen) atoms. The fourth-order valence-electron chi connectivity index (χ4n) is 8.90. The molecule has 5 aromatic carbocycles. The van der Waals surface area contributed by atoms with Crippen LogP contribution in [0.4, 0.5) is 17.6 Å². The maximum absolute atomic E-state index is 13.2. The zero-order chi connectivity index (χ0) is 94.1. The van der Waals surface area contributed by atoms with E-state index in [9.17, 15) is 80.0 Å². The molecule has 11 rings (SSSR count). The number of nitrogens with one attached hydrogen (secondary N) is 3. The fourth-order valence-corrected chi connectivity index (χ4v) is 14.0. The number of nitrogens with two attached hydrogens (primary N) is 1. The van der Waals surface area contributed by atoms with Crippen LogP contribution in [-0.2, 0) is 114 Å². The van der Waals surface area contributed by atoms with Gasteiger partial charge in [0.15, 0.2) is 5.78 Å². The van der Waals surface area contributed by atoms with Gasteiger partial charge in [0.2, 0.25) is 30.1 Å². The van der Waals surface area contributed by atoms with Crippen LogP contribution >= 0.6 is 85.4 Å². The van der Waals surface area contributed by atoms with Crippen LogP contribution in [0.25, 0.3) is 0 Å². The second-order valence-corrected chi connectivity index (χ2v) is 34.5. The van der Waals surface area contributed by atoms with E-state index in [4.69, 9.17) is 90.1 Å². The number of aryl methyl sites for hydroxylation is 1. The first-order valence-electron chi connectivity index (χ1n) is 34.8. The SMILES string of the molecule is C.COC(=O)c1ccc(Br)cn1.COC(=O)c1ccc(C#N)cn1.COC(=O)c1ccc(CN)cn1.COC(=O)c1ccc(CNS(=O)(=O)c2ccc(F)c(Cl)c2)cn1.Cl.O=C(CCCc1ccc(CO)cc1)c1ccc(CNS(=O)(=O)c2ccc(F)c(Cl)c2)cn1.O=C(O)c1ccc(CNS(=O)(=O)c2ccc(F)c(Cl)c2)cn1.O=S(=O)(Cl)c1ccc(F)c(Cl)c1.[C-]#N.[Cu+].[K+].[OH-]. The molecule has 50 heteroatoms. The number of ether oxygens (including phenoxy) is 4. The number of carbonyl (C=O) groups is 6. The summed E-state index contributed by atoms with van der Waals surface area (Å²) in [4.78, 5) is 89.3. The summed E-state index contributed by atoms with van der Waals surface area (Å²) in [5.74, 6) is -6.00. The first-order chi connectivity index (χ1) is 59.6. The zero-order valence-corrected chi connectivity index (χ0v) is 81.3. The van der Waals surface area contributed by atoms with Crippen LogP contribution in [0.5, 0.6) is 0 Å². The van der Waals surface area contributed by atoms with E-state index in [0.29, 0.717) is 58.7 Å². The van der Waals surface area contributed by atoms with E-state index in [1.807, 2.05) is 30.3 Å². The van der Waals surface area contributed by atoms with Crippen molar-refractivity contribution in [2.75, 3.05) is 28.4 Å². The summed E-state index contributed by atoms with van der Waals surface area (Å²) in [6, 6.07) is 40.3. The van der Waals surface area contributed by atoms with E-state index >= 15 is 0 Å². The van der Waals surface area contributed by atoms with E-state index in [-0.39, 0.29) is 183 Å². The van der Waals surface area contributed by atoms with Crippen molar-refractivity contribution in [3.8, 4) is 6.07 Å². The number of methoxy groups -OCH3 is 4. The standard InChI is InChI=1S/C23H22ClFN2O4S.C14H12ClFN2O4S.C13H10ClFN2O4S.C8H10N2O2.C8H6N2O2.C7H6BrNO2.C6H3Cl2FO2S.CN.CH4.ClH.Cu.K.H2O/c24-20-12-19(9-10-21(20)25)32(30,31)27-14-18-8-11-22(26-13-18)23(29)3-1-2-16-4-6-17(15-28)7-5-16;1-22-14(19)13-5-2-9(7-17-13)8-18-23(20,21)10-3-4-12(16)11(15)6-10;14-10-5-9(2-3-11(10)15)22(20,21)17-7-8-1-4-12(13(18)19)16-6-8;2*1-12-8(11)7-3-2-6(4-9)5-10-7;1-11-7(10)6-3-2-5(8)4-9-6;7-5-3-4(12(8,10)11)1-2-6(5)9;1-2;;;;;/h4-13,27-28H,1-3,14-15H2;2-7,18H,8H2,1H3;1-6,17H,7H2,(H,18,19);2-3,5H,4,9H2,1H3;2-3,5H,1H3;2-4H,1H3;1-3H;;1H4;1H;;;1H2/q;;;;;;;-1;;;2*+1;/p-1. The molecule has 11 aromatic rings. The Balaban J connectivity index is 0. The Bertz CT molecular complexity index is 6130.